The summed E-state index contributed by atoms with van der Waals surface area (Å²) >= 11 is 0. The van der Waals surface area contributed by atoms with Crippen molar-refractivity contribution in [1.29, 1.82) is 0 Å². The number of hydrogen-bond acceptors (Lipinski definition) is 2. The summed E-state index contributed by atoms with van der Waals surface area (Å²) in [7, 11) is 0. The van der Waals surface area contributed by atoms with Crippen molar-refractivity contribution in [3.05, 3.63) is 58.9 Å². The third kappa shape index (κ3) is 3.66. The summed E-state index contributed by atoms with van der Waals surface area (Å²) in [5, 5.41) is 2.33. The molecule has 0 fully saturated rings. The van der Waals surface area contributed by atoms with Crippen LogP contribution in [0.15, 0.2) is 36.4 Å². The largest absolute Gasteiger partial charge is 0.418 e. The molecular formula is C19H18F4N2O. The predicted molar refractivity (Wildman–Crippen MR) is 91.7 cm³/mol. The van der Waals surface area contributed by atoms with Gasteiger partial charge in [-0.25, -0.2) is 4.39 Å². The van der Waals surface area contributed by atoms with Gasteiger partial charge in [-0.1, -0.05) is 18.2 Å². The Kier molecular flexibility index (Phi) is 4.89. The van der Waals surface area contributed by atoms with E-state index in [1.54, 1.807) is 11.0 Å². The summed E-state index contributed by atoms with van der Waals surface area (Å²) in [5.41, 5.74) is 0.882. The minimum Gasteiger partial charge on any atom is -0.362 e. The van der Waals surface area contributed by atoms with Crippen molar-refractivity contribution >= 4 is 17.3 Å². The summed E-state index contributed by atoms with van der Waals surface area (Å²) < 4.78 is 53.2. The van der Waals surface area contributed by atoms with Crippen molar-refractivity contribution in [1.82, 2.24) is 0 Å². The summed E-state index contributed by atoms with van der Waals surface area (Å²) in [6.45, 7) is 2.24. The molecule has 0 unspecified atom stereocenters. The maximum Gasteiger partial charge on any atom is 0.418 e. The second-order valence-electron chi connectivity index (χ2n) is 6.31. The molecule has 0 aliphatic carbocycles. The van der Waals surface area contributed by atoms with Crippen molar-refractivity contribution in [3.8, 4) is 0 Å². The number of carbonyl (C=O) groups is 1. The lowest BCUT2D eigenvalue weighted by molar-refractivity contribution is -0.137. The zero-order chi connectivity index (χ0) is 18.9. The van der Waals surface area contributed by atoms with Crippen LogP contribution < -0.4 is 10.2 Å². The van der Waals surface area contributed by atoms with Crippen molar-refractivity contribution in [2.45, 2.75) is 25.9 Å². The molecule has 0 bridgehead atoms. The fourth-order valence-electron chi connectivity index (χ4n) is 3.33. The Bertz CT molecular complexity index is 833. The first-order valence-corrected chi connectivity index (χ1v) is 8.26. The third-order valence-electron chi connectivity index (χ3n) is 4.44. The third-order valence-corrected chi connectivity index (χ3v) is 4.44. The van der Waals surface area contributed by atoms with Gasteiger partial charge in [-0.2, -0.15) is 13.2 Å². The second-order valence-corrected chi connectivity index (χ2v) is 6.31. The van der Waals surface area contributed by atoms with Gasteiger partial charge in [0.2, 0.25) is 5.91 Å². The Morgan fingerprint density at radius 2 is 1.92 bits per heavy atom. The van der Waals surface area contributed by atoms with E-state index in [4.69, 9.17) is 0 Å². The standard InChI is InChI=1S/C19H18F4N2O/c1-12-8-9-15(20)13-5-4-10-25(18(12)13)11-17(26)24-16-7-3-2-6-14(16)19(21,22)23/h2-3,6-9H,4-5,10-11H2,1H3,(H,24,26). The predicted octanol–water partition coefficient (Wildman–Crippen LogP) is 4.54. The fraction of sp³-hybridized carbons (Fsp3) is 0.316. The number of amides is 1. The molecule has 0 aromatic heterocycles. The molecule has 138 valence electrons. The fourth-order valence-corrected chi connectivity index (χ4v) is 3.33. The van der Waals surface area contributed by atoms with Crippen LogP contribution in [0.4, 0.5) is 28.9 Å². The van der Waals surface area contributed by atoms with E-state index in [-0.39, 0.29) is 18.0 Å². The SMILES string of the molecule is Cc1ccc(F)c2c1N(CC(=O)Nc1ccccc1C(F)(F)F)CCC2. The molecule has 3 rings (SSSR count). The molecular weight excluding hydrogens is 348 g/mol. The van der Waals surface area contributed by atoms with Crippen molar-refractivity contribution in [2.75, 3.05) is 23.3 Å². The lowest BCUT2D eigenvalue weighted by Gasteiger charge is -2.32. The number of rotatable bonds is 3. The van der Waals surface area contributed by atoms with Gasteiger partial charge in [0, 0.05) is 17.8 Å². The minimum atomic E-state index is -4.55. The lowest BCUT2D eigenvalue weighted by atomic mass is 9.97. The van der Waals surface area contributed by atoms with Gasteiger partial charge in [0.1, 0.15) is 5.82 Å². The highest BCUT2D eigenvalue weighted by Crippen LogP contribution is 2.35. The summed E-state index contributed by atoms with van der Waals surface area (Å²) in [5.74, 6) is -0.892. The zero-order valence-corrected chi connectivity index (χ0v) is 14.2. The number of benzene rings is 2. The Hall–Kier alpha value is -2.57. The Morgan fingerprint density at radius 1 is 1.19 bits per heavy atom. The topological polar surface area (TPSA) is 32.3 Å². The number of alkyl halides is 3. The van der Waals surface area contributed by atoms with Gasteiger partial charge in [-0.3, -0.25) is 4.79 Å². The molecule has 0 saturated carbocycles. The van der Waals surface area contributed by atoms with Crippen molar-refractivity contribution < 1.29 is 22.4 Å². The van der Waals surface area contributed by atoms with E-state index in [0.29, 0.717) is 30.6 Å². The Labute approximate surface area is 148 Å². The number of anilines is 2. The van der Waals surface area contributed by atoms with Gasteiger partial charge in [-0.05, 0) is 43.5 Å². The van der Waals surface area contributed by atoms with Crippen LogP contribution in [0.5, 0.6) is 0 Å². The number of para-hydroxylation sites is 1. The molecule has 1 amide bonds. The van der Waals surface area contributed by atoms with Crippen LogP contribution in [-0.2, 0) is 17.4 Å². The van der Waals surface area contributed by atoms with E-state index in [1.807, 2.05) is 6.92 Å². The minimum absolute atomic E-state index is 0.135. The number of hydrogen-bond donors (Lipinski definition) is 1. The maximum atomic E-state index is 14.0. The molecule has 0 atom stereocenters. The molecule has 0 spiro atoms. The normalized spacial score (nSPS) is 14.1. The van der Waals surface area contributed by atoms with Crippen LogP contribution in [0.3, 0.4) is 0 Å². The van der Waals surface area contributed by atoms with E-state index >= 15 is 0 Å². The lowest BCUT2D eigenvalue weighted by Crippen LogP contribution is -2.37. The Balaban J connectivity index is 1.81. The molecule has 0 radical (unpaired) electrons. The number of aryl methyl sites for hydroxylation is 1. The van der Waals surface area contributed by atoms with E-state index in [2.05, 4.69) is 5.32 Å². The molecule has 0 saturated heterocycles. The van der Waals surface area contributed by atoms with Gasteiger partial charge in [0.05, 0.1) is 17.8 Å². The first-order valence-electron chi connectivity index (χ1n) is 8.26. The number of nitrogens with one attached hydrogen (secondary N) is 1. The number of halogens is 4. The molecule has 2 aromatic carbocycles. The maximum absolute atomic E-state index is 14.0. The van der Waals surface area contributed by atoms with Crippen LogP contribution in [0.1, 0.15) is 23.1 Å². The smallest absolute Gasteiger partial charge is 0.362 e. The first-order chi connectivity index (χ1) is 12.3. The Morgan fingerprint density at radius 3 is 2.65 bits per heavy atom. The summed E-state index contributed by atoms with van der Waals surface area (Å²) in [6, 6.07) is 7.88. The quantitative estimate of drug-likeness (QED) is 0.809. The van der Waals surface area contributed by atoms with E-state index < -0.39 is 17.6 Å². The molecule has 3 nitrogen and oxygen atoms in total. The number of carbonyl (C=O) groups excluding carboxylic acids is 1. The van der Waals surface area contributed by atoms with E-state index in [0.717, 1.165) is 11.6 Å². The zero-order valence-electron chi connectivity index (χ0n) is 14.2. The first kappa shape index (κ1) is 18.2. The summed E-state index contributed by atoms with van der Waals surface area (Å²) in [4.78, 5) is 14.1. The highest BCUT2D eigenvalue weighted by atomic mass is 19.4. The van der Waals surface area contributed by atoms with Crippen LogP contribution >= 0.6 is 0 Å². The monoisotopic (exact) mass is 366 g/mol. The molecule has 7 heteroatoms. The van der Waals surface area contributed by atoms with Crippen LogP contribution in [0.25, 0.3) is 0 Å². The average molecular weight is 366 g/mol. The molecule has 1 aliphatic rings. The van der Waals surface area contributed by atoms with Gasteiger partial charge >= 0.3 is 6.18 Å². The van der Waals surface area contributed by atoms with Crippen LogP contribution in [-0.4, -0.2) is 19.0 Å². The van der Waals surface area contributed by atoms with E-state index in [1.165, 1.54) is 24.3 Å². The van der Waals surface area contributed by atoms with Gasteiger partial charge in [0.15, 0.2) is 0 Å². The average Bonchev–Trinajstić information content (AvgIpc) is 2.58. The molecule has 2 aromatic rings. The van der Waals surface area contributed by atoms with Crippen molar-refractivity contribution in [2.24, 2.45) is 0 Å². The highest BCUT2D eigenvalue weighted by Gasteiger charge is 2.33. The van der Waals surface area contributed by atoms with Crippen molar-refractivity contribution in [3.63, 3.8) is 0 Å². The number of fused-ring (bicyclic) bond motifs is 1. The molecule has 1 N–H and O–H groups in total. The van der Waals surface area contributed by atoms with Gasteiger partial charge < -0.3 is 10.2 Å². The van der Waals surface area contributed by atoms with Crippen LogP contribution in [0, 0.1) is 12.7 Å². The van der Waals surface area contributed by atoms with Gasteiger partial charge in [0.25, 0.3) is 0 Å². The summed E-state index contributed by atoms with van der Waals surface area (Å²) in [6.07, 6.45) is -3.29. The molecule has 26 heavy (non-hydrogen) atoms. The second kappa shape index (κ2) is 6.97. The number of nitrogens with zero attached hydrogens (tertiary/aromatic N) is 1. The molecule has 1 heterocycles. The van der Waals surface area contributed by atoms with E-state index in [9.17, 15) is 22.4 Å². The van der Waals surface area contributed by atoms with Gasteiger partial charge in [-0.15, -0.1) is 0 Å². The molecule has 1 aliphatic heterocycles. The highest BCUT2D eigenvalue weighted by molar-refractivity contribution is 5.95. The van der Waals surface area contributed by atoms with Crippen LogP contribution in [0.2, 0.25) is 0 Å².